The van der Waals surface area contributed by atoms with Crippen LogP contribution in [0.5, 0.6) is 0 Å². The Balaban J connectivity index is 2.35. The number of amides is 6. The average molecular weight is 793 g/mol. The van der Waals surface area contributed by atoms with E-state index < -0.39 is 102 Å². The van der Waals surface area contributed by atoms with E-state index in [-0.39, 0.29) is 43.8 Å². The van der Waals surface area contributed by atoms with Crippen LogP contribution in [0, 0.1) is 11.3 Å². The summed E-state index contributed by atoms with van der Waals surface area (Å²) in [6.45, 7) is 13.5. The highest BCUT2D eigenvalue weighted by atomic mass is 16.4. The zero-order valence-electron chi connectivity index (χ0n) is 33.9. The van der Waals surface area contributed by atoms with Crippen molar-refractivity contribution in [2.24, 2.45) is 33.5 Å². The van der Waals surface area contributed by atoms with Crippen LogP contribution in [0.25, 0.3) is 0 Å². The molecular formula is C37H64N10O9. The van der Waals surface area contributed by atoms with Crippen LogP contribution in [0.2, 0.25) is 0 Å². The summed E-state index contributed by atoms with van der Waals surface area (Å²) in [5.74, 6) is -6.68. The number of aliphatic carboxylic acids is 1. The van der Waals surface area contributed by atoms with Crippen molar-refractivity contribution >= 4 is 53.2 Å². The maximum atomic E-state index is 14.2. The van der Waals surface area contributed by atoms with Crippen LogP contribution in [0.4, 0.5) is 0 Å². The number of nitrogens with two attached hydrogens (primary N) is 3. The molecule has 0 aromatic carbocycles. The van der Waals surface area contributed by atoms with Gasteiger partial charge in [0.2, 0.25) is 35.4 Å². The standard InChI is InChI=1S/C37H64N10O9/c1-20(2)29(51)23(19-28(49)50)43-32(53)26-14-11-17-47(26)35(56)22(12-8-9-15-41-36(39)40)42-31(52)24(18-27(38)48)44-34(55)30(37(5,6)7)45-33(54)25-13-10-16-46(25)21(3)4/h20-26,30H,8-19H2,1-7H3,(H2,38,48)(H,42,52)(H,43,53)(H,44,55)(H,45,54)(H,49,50)(H4,39,40,41)/t22-,23+,24-,25-,26-,30+/m0/s1. The Labute approximate surface area is 329 Å². The predicted molar refractivity (Wildman–Crippen MR) is 207 cm³/mol. The lowest BCUT2D eigenvalue weighted by Gasteiger charge is -2.34. The molecule has 0 aliphatic carbocycles. The number of nitrogens with zero attached hydrogens (tertiary/aromatic N) is 3. The van der Waals surface area contributed by atoms with Crippen molar-refractivity contribution in [3.05, 3.63) is 0 Å². The molecule has 6 amide bonds. The van der Waals surface area contributed by atoms with Gasteiger partial charge in [-0.1, -0.05) is 34.6 Å². The molecule has 11 N–H and O–H groups in total. The fourth-order valence-corrected chi connectivity index (χ4v) is 7.04. The monoisotopic (exact) mass is 792 g/mol. The summed E-state index contributed by atoms with van der Waals surface area (Å²) < 4.78 is 0. The number of rotatable bonds is 21. The smallest absolute Gasteiger partial charge is 0.305 e. The van der Waals surface area contributed by atoms with Gasteiger partial charge >= 0.3 is 5.97 Å². The van der Waals surface area contributed by atoms with Gasteiger partial charge in [0.15, 0.2) is 11.7 Å². The van der Waals surface area contributed by atoms with Crippen molar-refractivity contribution in [3.63, 3.8) is 0 Å². The van der Waals surface area contributed by atoms with Crippen LogP contribution in [0.1, 0.15) is 106 Å². The first-order chi connectivity index (χ1) is 26.0. The molecule has 0 unspecified atom stereocenters. The molecule has 0 aromatic rings. The molecule has 2 saturated heterocycles. The van der Waals surface area contributed by atoms with Crippen molar-refractivity contribution in [1.29, 1.82) is 0 Å². The predicted octanol–water partition coefficient (Wildman–Crippen LogP) is -1.15. The third-order valence-electron chi connectivity index (χ3n) is 9.97. The van der Waals surface area contributed by atoms with Gasteiger partial charge < -0.3 is 48.5 Å². The number of carboxylic acid groups (broad SMARTS) is 1. The topological polar surface area (TPSA) is 302 Å². The van der Waals surface area contributed by atoms with E-state index >= 15 is 0 Å². The molecule has 0 aromatic heterocycles. The Morgan fingerprint density at radius 3 is 1.89 bits per heavy atom. The van der Waals surface area contributed by atoms with Crippen molar-refractivity contribution in [2.45, 2.75) is 149 Å². The second-order valence-electron chi connectivity index (χ2n) is 16.3. The van der Waals surface area contributed by atoms with Crippen LogP contribution in [0.3, 0.4) is 0 Å². The molecule has 6 atom stereocenters. The summed E-state index contributed by atoms with van der Waals surface area (Å²) in [7, 11) is 0. The number of hydrogen-bond acceptors (Lipinski definition) is 10. The van der Waals surface area contributed by atoms with E-state index in [1.807, 2.05) is 13.8 Å². The first-order valence-corrected chi connectivity index (χ1v) is 19.4. The van der Waals surface area contributed by atoms with Gasteiger partial charge in [-0.2, -0.15) is 0 Å². The van der Waals surface area contributed by atoms with Crippen molar-refractivity contribution in [2.75, 3.05) is 19.6 Å². The number of carbonyl (C=O) groups is 8. The van der Waals surface area contributed by atoms with Gasteiger partial charge in [0.25, 0.3) is 0 Å². The second-order valence-corrected chi connectivity index (χ2v) is 16.3. The molecule has 2 aliphatic rings. The highest BCUT2D eigenvalue weighted by molar-refractivity contribution is 5.99. The molecule has 2 fully saturated rings. The molecule has 0 spiro atoms. The summed E-state index contributed by atoms with van der Waals surface area (Å²) in [5, 5.41) is 20.0. The number of unbranched alkanes of at least 4 members (excludes halogenated alkanes) is 1. The van der Waals surface area contributed by atoms with Gasteiger partial charge in [-0.25, -0.2) is 0 Å². The first-order valence-electron chi connectivity index (χ1n) is 19.4. The minimum absolute atomic E-state index is 0.0501. The summed E-state index contributed by atoms with van der Waals surface area (Å²) in [6.07, 6.45) is 1.61. The minimum atomic E-state index is -1.53. The van der Waals surface area contributed by atoms with Crippen LogP contribution >= 0.6 is 0 Å². The molecular weight excluding hydrogens is 728 g/mol. The maximum absolute atomic E-state index is 14.2. The highest BCUT2D eigenvalue weighted by Gasteiger charge is 2.42. The molecule has 316 valence electrons. The van der Waals surface area contributed by atoms with Gasteiger partial charge in [-0.3, -0.25) is 48.2 Å². The number of carboxylic acids is 1. The van der Waals surface area contributed by atoms with Crippen molar-refractivity contribution < 1.29 is 43.5 Å². The summed E-state index contributed by atoms with van der Waals surface area (Å²) >= 11 is 0. The Kier molecular flexibility index (Phi) is 18.2. The number of Topliss-reactive ketones (excluding diaryl/α,β-unsaturated/α-hetero) is 1. The number of primary amides is 1. The van der Waals surface area contributed by atoms with Gasteiger partial charge in [0, 0.05) is 25.0 Å². The number of guanidine groups is 1. The number of ketones is 1. The molecule has 2 rings (SSSR count). The van der Waals surface area contributed by atoms with E-state index in [0.717, 1.165) is 13.0 Å². The van der Waals surface area contributed by atoms with Gasteiger partial charge in [-0.05, 0) is 70.8 Å². The zero-order valence-corrected chi connectivity index (χ0v) is 33.9. The fraction of sp³-hybridized carbons (Fsp3) is 0.757. The number of hydrogen-bond donors (Lipinski definition) is 8. The van der Waals surface area contributed by atoms with E-state index in [2.05, 4.69) is 31.2 Å². The zero-order chi connectivity index (χ0) is 42.5. The minimum Gasteiger partial charge on any atom is -0.481 e. The number of aliphatic imine (C=N–C) groups is 1. The molecule has 2 aliphatic heterocycles. The Morgan fingerprint density at radius 2 is 1.34 bits per heavy atom. The summed E-state index contributed by atoms with van der Waals surface area (Å²) in [6, 6.07) is -6.61. The number of carbonyl (C=O) groups excluding carboxylic acids is 7. The molecule has 56 heavy (non-hydrogen) atoms. The summed E-state index contributed by atoms with van der Waals surface area (Å²) in [4.78, 5) is 113. The van der Waals surface area contributed by atoms with E-state index in [1.165, 1.54) is 4.90 Å². The van der Waals surface area contributed by atoms with Crippen LogP contribution in [-0.4, -0.2) is 130 Å². The van der Waals surface area contributed by atoms with Crippen molar-refractivity contribution in [1.82, 2.24) is 31.1 Å². The first kappa shape index (κ1) is 47.3. The van der Waals surface area contributed by atoms with E-state index in [1.54, 1.807) is 34.6 Å². The van der Waals surface area contributed by atoms with Crippen LogP contribution in [0.15, 0.2) is 4.99 Å². The summed E-state index contributed by atoms with van der Waals surface area (Å²) in [5.41, 5.74) is 15.5. The Morgan fingerprint density at radius 1 is 0.750 bits per heavy atom. The maximum Gasteiger partial charge on any atom is 0.305 e. The molecule has 0 saturated carbocycles. The quantitative estimate of drug-likeness (QED) is 0.0389. The van der Waals surface area contributed by atoms with E-state index in [0.29, 0.717) is 25.7 Å². The van der Waals surface area contributed by atoms with Crippen LogP contribution in [-0.2, 0) is 38.4 Å². The molecule has 0 radical (unpaired) electrons. The van der Waals surface area contributed by atoms with Gasteiger partial charge in [0.1, 0.15) is 24.2 Å². The third kappa shape index (κ3) is 14.4. The normalized spacial score (nSPS) is 19.4. The Hall–Kier alpha value is -4.81. The molecule has 0 bridgehead atoms. The fourth-order valence-electron chi connectivity index (χ4n) is 7.04. The Bertz CT molecular complexity index is 1470. The SMILES string of the molecule is CC(C)C(=O)[C@@H](CC(=O)O)NC(=O)[C@@H]1CCCN1C(=O)[C@H](CCCCN=C(N)N)NC(=O)[C@H](CC(N)=O)NC(=O)[C@@H](NC(=O)[C@@H]1CCCN1C(C)C)C(C)(C)C. The van der Waals surface area contributed by atoms with E-state index in [4.69, 9.17) is 17.2 Å². The number of likely N-dealkylation sites (tertiary alicyclic amines) is 2. The van der Waals surface area contributed by atoms with Crippen LogP contribution < -0.4 is 38.5 Å². The van der Waals surface area contributed by atoms with Gasteiger partial charge in [0.05, 0.1) is 24.9 Å². The van der Waals surface area contributed by atoms with Crippen molar-refractivity contribution in [3.8, 4) is 0 Å². The lowest BCUT2D eigenvalue weighted by Crippen LogP contribution is -2.61. The third-order valence-corrected chi connectivity index (χ3v) is 9.97. The largest absolute Gasteiger partial charge is 0.481 e. The molecule has 19 heteroatoms. The lowest BCUT2D eigenvalue weighted by molar-refractivity contribution is -0.144. The average Bonchev–Trinajstić information content (AvgIpc) is 3.78. The van der Waals surface area contributed by atoms with E-state index in [9.17, 15) is 43.5 Å². The lowest BCUT2D eigenvalue weighted by atomic mass is 9.85. The highest BCUT2D eigenvalue weighted by Crippen LogP contribution is 2.24. The molecule has 2 heterocycles. The number of nitrogens with one attached hydrogen (secondary N) is 4. The second kappa shape index (κ2) is 21.5. The van der Waals surface area contributed by atoms with Gasteiger partial charge in [-0.15, -0.1) is 0 Å². The molecule has 19 nitrogen and oxygen atoms in total.